The first-order valence-corrected chi connectivity index (χ1v) is 8.67. The molecule has 0 radical (unpaired) electrons. The van der Waals surface area contributed by atoms with Gasteiger partial charge in [0.15, 0.2) is 0 Å². The van der Waals surface area contributed by atoms with E-state index in [2.05, 4.69) is 5.32 Å². The number of halogens is 1. The van der Waals surface area contributed by atoms with Crippen LogP contribution >= 0.6 is 0 Å². The molecule has 0 aromatic heterocycles. The molecule has 1 fully saturated rings. The highest BCUT2D eigenvalue weighted by Crippen LogP contribution is 2.23. The number of piperidine rings is 1. The standard InChI is InChI=1S/C19H29FN2O2/c1-13(17(23)14-5-7-15(20)8-6-14)21-16-9-11-22(12-10-16)18(24)19(2,3)4/h5-8,13,16-17,21,23H,9-12H2,1-4H3. The fourth-order valence-corrected chi connectivity index (χ4v) is 3.14. The van der Waals surface area contributed by atoms with Gasteiger partial charge < -0.3 is 15.3 Å². The molecule has 1 heterocycles. The fourth-order valence-electron chi connectivity index (χ4n) is 3.14. The number of nitrogens with one attached hydrogen (secondary N) is 1. The lowest BCUT2D eigenvalue weighted by molar-refractivity contribution is -0.140. The number of carbonyl (C=O) groups excluding carboxylic acids is 1. The van der Waals surface area contributed by atoms with Gasteiger partial charge in [-0.3, -0.25) is 4.79 Å². The van der Waals surface area contributed by atoms with Crippen LogP contribution in [-0.2, 0) is 4.79 Å². The zero-order chi connectivity index (χ0) is 17.9. The van der Waals surface area contributed by atoms with Gasteiger partial charge in [0.2, 0.25) is 5.91 Å². The van der Waals surface area contributed by atoms with Crippen LogP contribution in [-0.4, -0.2) is 41.1 Å². The Morgan fingerprint density at radius 3 is 2.29 bits per heavy atom. The largest absolute Gasteiger partial charge is 0.387 e. The quantitative estimate of drug-likeness (QED) is 0.889. The van der Waals surface area contributed by atoms with Gasteiger partial charge in [0.05, 0.1) is 6.10 Å². The Labute approximate surface area is 144 Å². The zero-order valence-electron chi connectivity index (χ0n) is 15.1. The molecule has 0 saturated carbocycles. The zero-order valence-corrected chi connectivity index (χ0v) is 15.1. The van der Waals surface area contributed by atoms with Crippen LogP contribution in [0.3, 0.4) is 0 Å². The molecule has 1 amide bonds. The van der Waals surface area contributed by atoms with E-state index in [1.165, 1.54) is 12.1 Å². The lowest BCUT2D eigenvalue weighted by Gasteiger charge is -2.37. The van der Waals surface area contributed by atoms with Crippen molar-refractivity contribution in [2.45, 2.75) is 58.7 Å². The number of likely N-dealkylation sites (tertiary alicyclic amines) is 1. The molecule has 5 heteroatoms. The Balaban J connectivity index is 1.85. The van der Waals surface area contributed by atoms with Crippen LogP contribution in [0, 0.1) is 11.2 Å². The maximum atomic E-state index is 13.0. The molecular formula is C19H29FN2O2. The third kappa shape index (κ3) is 4.77. The number of hydrogen-bond donors (Lipinski definition) is 2. The maximum Gasteiger partial charge on any atom is 0.227 e. The normalized spacial score (nSPS) is 19.2. The Hall–Kier alpha value is -1.46. The summed E-state index contributed by atoms with van der Waals surface area (Å²) in [6.45, 7) is 9.25. The van der Waals surface area contributed by atoms with Crippen LogP contribution in [0.2, 0.25) is 0 Å². The highest BCUT2D eigenvalue weighted by atomic mass is 19.1. The molecule has 0 bridgehead atoms. The number of aliphatic hydroxyl groups excluding tert-OH is 1. The molecule has 0 aliphatic carbocycles. The van der Waals surface area contributed by atoms with E-state index in [0.29, 0.717) is 5.56 Å². The highest BCUT2D eigenvalue weighted by molar-refractivity contribution is 5.81. The summed E-state index contributed by atoms with van der Waals surface area (Å²) in [6.07, 6.45) is 1.07. The Kier molecular flexibility index (Phi) is 5.99. The predicted octanol–water partition coefficient (Wildman–Crippen LogP) is 2.87. The molecule has 0 spiro atoms. The van der Waals surface area contributed by atoms with E-state index in [1.54, 1.807) is 12.1 Å². The van der Waals surface area contributed by atoms with Gasteiger partial charge in [0, 0.05) is 30.6 Å². The van der Waals surface area contributed by atoms with Crippen molar-refractivity contribution in [2.24, 2.45) is 5.41 Å². The average molecular weight is 336 g/mol. The van der Waals surface area contributed by atoms with Crippen molar-refractivity contribution < 1.29 is 14.3 Å². The lowest BCUT2D eigenvalue weighted by atomic mass is 9.92. The number of nitrogens with zero attached hydrogens (tertiary/aromatic N) is 1. The summed E-state index contributed by atoms with van der Waals surface area (Å²) >= 11 is 0. The second-order valence-electron chi connectivity index (χ2n) is 7.77. The number of hydrogen-bond acceptors (Lipinski definition) is 3. The van der Waals surface area contributed by atoms with Crippen molar-refractivity contribution in [1.29, 1.82) is 0 Å². The van der Waals surface area contributed by atoms with E-state index >= 15 is 0 Å². The van der Waals surface area contributed by atoms with Crippen LogP contribution in [0.5, 0.6) is 0 Å². The number of amides is 1. The van der Waals surface area contributed by atoms with Crippen molar-refractivity contribution >= 4 is 5.91 Å². The summed E-state index contributed by atoms with van der Waals surface area (Å²) in [5, 5.41) is 13.9. The summed E-state index contributed by atoms with van der Waals surface area (Å²) in [5.74, 6) is -0.109. The third-order valence-electron chi connectivity index (χ3n) is 4.61. The molecule has 2 N–H and O–H groups in total. The van der Waals surface area contributed by atoms with Crippen molar-refractivity contribution in [3.05, 3.63) is 35.6 Å². The Bertz CT molecular complexity index is 545. The summed E-state index contributed by atoms with van der Waals surface area (Å²) in [5.41, 5.74) is 0.364. The minimum Gasteiger partial charge on any atom is -0.387 e. The number of benzene rings is 1. The number of aliphatic hydroxyl groups is 1. The molecule has 1 saturated heterocycles. The first kappa shape index (κ1) is 18.9. The van der Waals surface area contributed by atoms with Gasteiger partial charge in [-0.05, 0) is 37.5 Å². The number of rotatable bonds is 4. The monoisotopic (exact) mass is 336 g/mol. The van der Waals surface area contributed by atoms with Gasteiger partial charge in [0.25, 0.3) is 0 Å². The highest BCUT2D eigenvalue weighted by Gasteiger charge is 2.31. The molecule has 2 atom stereocenters. The fraction of sp³-hybridized carbons (Fsp3) is 0.632. The second kappa shape index (κ2) is 7.62. The molecule has 2 unspecified atom stereocenters. The van der Waals surface area contributed by atoms with Gasteiger partial charge >= 0.3 is 0 Å². The van der Waals surface area contributed by atoms with Crippen LogP contribution in [0.4, 0.5) is 4.39 Å². The summed E-state index contributed by atoms with van der Waals surface area (Å²) in [4.78, 5) is 14.2. The van der Waals surface area contributed by atoms with E-state index in [1.807, 2.05) is 32.6 Å². The molecule has 4 nitrogen and oxygen atoms in total. The van der Waals surface area contributed by atoms with E-state index in [4.69, 9.17) is 0 Å². The average Bonchev–Trinajstić information content (AvgIpc) is 2.54. The molecule has 2 rings (SSSR count). The van der Waals surface area contributed by atoms with E-state index < -0.39 is 6.10 Å². The predicted molar refractivity (Wildman–Crippen MR) is 93.0 cm³/mol. The SMILES string of the molecule is CC(NC1CCN(C(=O)C(C)(C)C)CC1)C(O)c1ccc(F)cc1. The number of carbonyl (C=O) groups is 1. The van der Waals surface area contributed by atoms with Gasteiger partial charge in [-0.25, -0.2) is 4.39 Å². The minimum absolute atomic E-state index is 0.134. The Morgan fingerprint density at radius 1 is 1.25 bits per heavy atom. The Morgan fingerprint density at radius 2 is 1.79 bits per heavy atom. The van der Waals surface area contributed by atoms with Crippen molar-refractivity contribution in [3.63, 3.8) is 0 Å². The van der Waals surface area contributed by atoms with Gasteiger partial charge in [0.1, 0.15) is 5.82 Å². The van der Waals surface area contributed by atoms with E-state index in [-0.39, 0.29) is 29.2 Å². The summed E-state index contributed by atoms with van der Waals surface area (Å²) < 4.78 is 13.0. The van der Waals surface area contributed by atoms with E-state index in [0.717, 1.165) is 25.9 Å². The smallest absolute Gasteiger partial charge is 0.227 e. The first-order chi connectivity index (χ1) is 11.2. The summed E-state index contributed by atoms with van der Waals surface area (Å²) in [6, 6.07) is 6.10. The van der Waals surface area contributed by atoms with Crippen molar-refractivity contribution in [1.82, 2.24) is 10.2 Å². The second-order valence-corrected chi connectivity index (χ2v) is 7.77. The molecule has 1 aromatic rings. The van der Waals surface area contributed by atoms with Crippen LogP contribution in [0.15, 0.2) is 24.3 Å². The minimum atomic E-state index is -0.681. The molecule has 1 aliphatic rings. The maximum absolute atomic E-state index is 13.0. The van der Waals surface area contributed by atoms with Gasteiger partial charge in [-0.2, -0.15) is 0 Å². The van der Waals surface area contributed by atoms with Gasteiger partial charge in [-0.1, -0.05) is 32.9 Å². The topological polar surface area (TPSA) is 52.6 Å². The molecule has 134 valence electrons. The van der Waals surface area contributed by atoms with Crippen LogP contribution in [0.25, 0.3) is 0 Å². The van der Waals surface area contributed by atoms with Crippen LogP contribution in [0.1, 0.15) is 52.2 Å². The van der Waals surface area contributed by atoms with Crippen molar-refractivity contribution in [2.75, 3.05) is 13.1 Å². The van der Waals surface area contributed by atoms with E-state index in [9.17, 15) is 14.3 Å². The summed E-state index contributed by atoms with van der Waals surface area (Å²) in [7, 11) is 0. The first-order valence-electron chi connectivity index (χ1n) is 8.67. The van der Waals surface area contributed by atoms with Crippen molar-refractivity contribution in [3.8, 4) is 0 Å². The van der Waals surface area contributed by atoms with Crippen LogP contribution < -0.4 is 5.32 Å². The molecule has 1 aromatic carbocycles. The third-order valence-corrected chi connectivity index (χ3v) is 4.61. The molecule has 1 aliphatic heterocycles. The molecule has 24 heavy (non-hydrogen) atoms. The lowest BCUT2D eigenvalue weighted by Crippen LogP contribution is -2.50. The van der Waals surface area contributed by atoms with Gasteiger partial charge in [-0.15, -0.1) is 0 Å². The molecular weight excluding hydrogens is 307 g/mol.